The van der Waals surface area contributed by atoms with Crippen LogP contribution in [0.5, 0.6) is 0 Å². The number of hydrogen-bond acceptors (Lipinski definition) is 2. The van der Waals surface area contributed by atoms with Gasteiger partial charge in [-0.25, -0.2) is 4.79 Å². The van der Waals surface area contributed by atoms with Crippen LogP contribution in [0.25, 0.3) is 0 Å². The zero-order valence-corrected chi connectivity index (χ0v) is 10.1. The Morgan fingerprint density at radius 3 is 2.50 bits per heavy atom. The van der Waals surface area contributed by atoms with E-state index in [0.717, 1.165) is 5.56 Å². The lowest BCUT2D eigenvalue weighted by molar-refractivity contribution is 0.0636. The summed E-state index contributed by atoms with van der Waals surface area (Å²) in [5, 5.41) is 2.65. The standard InChI is InChI=1S/C12H16BNO2/c1-8-7-9(5-6-10(8)13)14-11(15)16-12(2,3)4/h5-7H,1-4H3,(H,14,15). The van der Waals surface area contributed by atoms with Gasteiger partial charge in [0.2, 0.25) is 0 Å². The SMILES string of the molecule is [B]c1ccc(NC(=O)OC(C)(C)C)cc1C. The van der Waals surface area contributed by atoms with Crippen LogP contribution in [-0.4, -0.2) is 19.5 Å². The quantitative estimate of drug-likeness (QED) is 0.731. The Morgan fingerprint density at radius 2 is 2.00 bits per heavy atom. The highest BCUT2D eigenvalue weighted by Gasteiger charge is 2.16. The van der Waals surface area contributed by atoms with Gasteiger partial charge in [-0.15, -0.1) is 0 Å². The highest BCUT2D eigenvalue weighted by Crippen LogP contribution is 2.11. The van der Waals surface area contributed by atoms with E-state index in [1.54, 1.807) is 18.2 Å². The molecule has 0 aliphatic rings. The summed E-state index contributed by atoms with van der Waals surface area (Å²) in [6.45, 7) is 7.35. The van der Waals surface area contributed by atoms with Crippen molar-refractivity contribution in [3.63, 3.8) is 0 Å². The van der Waals surface area contributed by atoms with E-state index >= 15 is 0 Å². The number of nitrogens with one attached hydrogen (secondary N) is 1. The van der Waals surface area contributed by atoms with E-state index in [0.29, 0.717) is 11.2 Å². The van der Waals surface area contributed by atoms with Crippen LogP contribution in [0.15, 0.2) is 18.2 Å². The molecule has 1 N–H and O–H groups in total. The summed E-state index contributed by atoms with van der Waals surface area (Å²) in [5.41, 5.74) is 1.82. The predicted octanol–water partition coefficient (Wildman–Crippen LogP) is 2.14. The number of ether oxygens (including phenoxy) is 1. The zero-order valence-electron chi connectivity index (χ0n) is 10.1. The molecular weight excluding hydrogens is 201 g/mol. The molecule has 0 aliphatic carbocycles. The van der Waals surface area contributed by atoms with Crippen molar-refractivity contribution in [3.8, 4) is 0 Å². The van der Waals surface area contributed by atoms with Gasteiger partial charge in [-0.05, 0) is 39.8 Å². The fraction of sp³-hybridized carbons (Fsp3) is 0.417. The fourth-order valence-electron chi connectivity index (χ4n) is 1.17. The van der Waals surface area contributed by atoms with E-state index < -0.39 is 11.7 Å². The molecule has 1 rings (SSSR count). The van der Waals surface area contributed by atoms with Gasteiger partial charge in [0.15, 0.2) is 0 Å². The summed E-state index contributed by atoms with van der Waals surface area (Å²) in [5.74, 6) is 0. The third kappa shape index (κ3) is 3.97. The molecule has 1 amide bonds. The van der Waals surface area contributed by atoms with E-state index in [1.807, 2.05) is 27.7 Å². The Morgan fingerprint density at radius 1 is 1.38 bits per heavy atom. The minimum absolute atomic E-state index is 0.461. The van der Waals surface area contributed by atoms with Crippen molar-refractivity contribution in [1.82, 2.24) is 0 Å². The second-order valence-corrected chi connectivity index (χ2v) is 4.70. The van der Waals surface area contributed by atoms with Crippen LogP contribution in [0.4, 0.5) is 10.5 Å². The molecule has 0 unspecified atom stereocenters. The van der Waals surface area contributed by atoms with Gasteiger partial charge in [-0.2, -0.15) is 0 Å². The van der Waals surface area contributed by atoms with Crippen molar-refractivity contribution in [1.29, 1.82) is 0 Å². The van der Waals surface area contributed by atoms with E-state index in [1.165, 1.54) is 0 Å². The molecule has 16 heavy (non-hydrogen) atoms. The second-order valence-electron chi connectivity index (χ2n) is 4.70. The summed E-state index contributed by atoms with van der Waals surface area (Å²) in [4.78, 5) is 11.5. The number of carbonyl (C=O) groups is 1. The third-order valence-electron chi connectivity index (χ3n) is 1.92. The van der Waals surface area contributed by atoms with Crippen LogP contribution in [0, 0.1) is 6.92 Å². The van der Waals surface area contributed by atoms with Crippen molar-refractivity contribution < 1.29 is 9.53 Å². The topological polar surface area (TPSA) is 38.3 Å². The molecule has 84 valence electrons. The van der Waals surface area contributed by atoms with Gasteiger partial charge in [0.05, 0.1) is 0 Å². The molecule has 0 heterocycles. The number of aryl methyl sites for hydroxylation is 1. The van der Waals surface area contributed by atoms with Crippen molar-refractivity contribution in [2.75, 3.05) is 5.32 Å². The van der Waals surface area contributed by atoms with Crippen LogP contribution in [0.1, 0.15) is 26.3 Å². The molecule has 1 aromatic rings. The maximum atomic E-state index is 11.5. The maximum absolute atomic E-state index is 11.5. The normalized spacial score (nSPS) is 11.0. The lowest BCUT2D eigenvalue weighted by atomic mass is 9.91. The van der Waals surface area contributed by atoms with Gasteiger partial charge < -0.3 is 4.74 Å². The van der Waals surface area contributed by atoms with Gasteiger partial charge >= 0.3 is 6.09 Å². The Hall–Kier alpha value is -1.45. The van der Waals surface area contributed by atoms with Gasteiger partial charge in [0.25, 0.3) is 0 Å². The first-order chi connectivity index (χ1) is 7.28. The number of carbonyl (C=O) groups excluding carboxylic acids is 1. The van der Waals surface area contributed by atoms with Crippen LogP contribution >= 0.6 is 0 Å². The van der Waals surface area contributed by atoms with E-state index in [2.05, 4.69) is 5.32 Å². The summed E-state index contributed by atoms with van der Waals surface area (Å²) in [7, 11) is 5.68. The Bertz CT molecular complexity index is 396. The van der Waals surface area contributed by atoms with Gasteiger partial charge in [0, 0.05) is 5.69 Å². The largest absolute Gasteiger partial charge is 0.444 e. The van der Waals surface area contributed by atoms with E-state index in [4.69, 9.17) is 12.6 Å². The number of anilines is 1. The van der Waals surface area contributed by atoms with Crippen molar-refractivity contribution in [3.05, 3.63) is 23.8 Å². The van der Waals surface area contributed by atoms with Crippen LogP contribution < -0.4 is 10.8 Å². The Labute approximate surface area is 97.6 Å². The van der Waals surface area contributed by atoms with Gasteiger partial charge in [0.1, 0.15) is 13.4 Å². The molecule has 4 heteroatoms. The molecule has 0 aromatic heterocycles. The van der Waals surface area contributed by atoms with Crippen molar-refractivity contribution in [2.45, 2.75) is 33.3 Å². The first-order valence-corrected chi connectivity index (χ1v) is 5.14. The highest BCUT2D eigenvalue weighted by atomic mass is 16.6. The first kappa shape index (κ1) is 12.6. The maximum Gasteiger partial charge on any atom is 0.412 e. The highest BCUT2D eigenvalue weighted by molar-refractivity contribution is 6.33. The summed E-state index contributed by atoms with van der Waals surface area (Å²) >= 11 is 0. The second kappa shape index (κ2) is 4.60. The van der Waals surface area contributed by atoms with Gasteiger partial charge in [-0.3, -0.25) is 5.32 Å². The van der Waals surface area contributed by atoms with Crippen LogP contribution in [-0.2, 0) is 4.74 Å². The lowest BCUT2D eigenvalue weighted by Gasteiger charge is -2.19. The average molecular weight is 217 g/mol. The summed E-state index contributed by atoms with van der Waals surface area (Å²) in [6, 6.07) is 5.30. The molecule has 0 spiro atoms. The molecule has 0 saturated heterocycles. The molecule has 0 aliphatic heterocycles. The zero-order chi connectivity index (χ0) is 12.3. The smallest absolute Gasteiger partial charge is 0.412 e. The number of rotatable bonds is 1. The molecule has 0 bridgehead atoms. The summed E-state index contributed by atoms with van der Waals surface area (Å²) in [6.07, 6.45) is -0.461. The van der Waals surface area contributed by atoms with Crippen molar-refractivity contribution in [2.24, 2.45) is 0 Å². The molecule has 0 fully saturated rings. The predicted molar refractivity (Wildman–Crippen MR) is 66.4 cm³/mol. The lowest BCUT2D eigenvalue weighted by Crippen LogP contribution is -2.27. The Balaban J connectivity index is 2.67. The molecule has 0 saturated carbocycles. The minimum Gasteiger partial charge on any atom is -0.444 e. The first-order valence-electron chi connectivity index (χ1n) is 5.14. The number of hydrogen-bond donors (Lipinski definition) is 1. The molecule has 2 radical (unpaired) electrons. The molecule has 0 atom stereocenters. The summed E-state index contributed by atoms with van der Waals surface area (Å²) < 4.78 is 5.13. The Kier molecular flexibility index (Phi) is 3.63. The minimum atomic E-state index is -0.493. The molecule has 1 aromatic carbocycles. The number of benzene rings is 1. The van der Waals surface area contributed by atoms with Crippen LogP contribution in [0.2, 0.25) is 0 Å². The number of amides is 1. The van der Waals surface area contributed by atoms with Gasteiger partial charge in [-0.1, -0.05) is 17.1 Å². The molecular formula is C12H16BNO2. The average Bonchev–Trinajstić information content (AvgIpc) is 2.08. The van der Waals surface area contributed by atoms with E-state index in [9.17, 15) is 4.79 Å². The van der Waals surface area contributed by atoms with E-state index in [-0.39, 0.29) is 0 Å². The van der Waals surface area contributed by atoms with Crippen LogP contribution in [0.3, 0.4) is 0 Å². The fourth-order valence-corrected chi connectivity index (χ4v) is 1.17. The molecule has 3 nitrogen and oxygen atoms in total. The third-order valence-corrected chi connectivity index (χ3v) is 1.92. The van der Waals surface area contributed by atoms with Crippen molar-refractivity contribution >= 4 is 25.1 Å². The monoisotopic (exact) mass is 217 g/mol.